The molecule has 2 rings (SSSR count). The fraction of sp³-hybridized carbons (Fsp3) is 0.231. The molecular formula is C13H14N2O2S. The number of hydrogen-bond donors (Lipinski definition) is 1. The highest BCUT2D eigenvalue weighted by Crippen LogP contribution is 2.25. The maximum atomic E-state index is 11.1. The summed E-state index contributed by atoms with van der Waals surface area (Å²) in [4.78, 5) is 12.3. The van der Waals surface area contributed by atoms with Gasteiger partial charge in [-0.15, -0.1) is 11.8 Å². The van der Waals surface area contributed by atoms with Gasteiger partial charge in [0.2, 0.25) is 0 Å². The van der Waals surface area contributed by atoms with Gasteiger partial charge in [-0.3, -0.25) is 4.68 Å². The molecule has 0 unspecified atom stereocenters. The quantitative estimate of drug-likeness (QED) is 0.861. The van der Waals surface area contributed by atoms with Crippen LogP contribution in [0.15, 0.2) is 35.4 Å². The van der Waals surface area contributed by atoms with Gasteiger partial charge in [0.1, 0.15) is 11.3 Å². The highest BCUT2D eigenvalue weighted by Gasteiger charge is 2.15. The number of carboxylic acid groups (broad SMARTS) is 1. The standard InChI is InChI=1S/C13H14N2O2S/c1-3-18-10-6-4-9(5-7-10)12-11(13(16)17)8-15(2)14-12/h4-8H,3H2,1-2H3,(H,16,17). The fourth-order valence-electron chi connectivity index (χ4n) is 1.73. The molecule has 18 heavy (non-hydrogen) atoms. The van der Waals surface area contributed by atoms with Gasteiger partial charge in [0.25, 0.3) is 0 Å². The molecule has 0 fully saturated rings. The molecule has 1 N–H and O–H groups in total. The average molecular weight is 262 g/mol. The smallest absolute Gasteiger partial charge is 0.339 e. The second-order valence-electron chi connectivity index (χ2n) is 3.83. The highest BCUT2D eigenvalue weighted by atomic mass is 32.2. The Hall–Kier alpha value is -1.75. The third kappa shape index (κ3) is 2.56. The Labute approximate surface area is 110 Å². The lowest BCUT2D eigenvalue weighted by Crippen LogP contribution is -1.96. The van der Waals surface area contributed by atoms with E-state index in [2.05, 4.69) is 12.0 Å². The van der Waals surface area contributed by atoms with Crippen LogP contribution >= 0.6 is 11.8 Å². The molecule has 0 aliphatic rings. The first-order valence-corrected chi connectivity index (χ1v) is 6.60. The van der Waals surface area contributed by atoms with Gasteiger partial charge in [0, 0.05) is 23.7 Å². The van der Waals surface area contributed by atoms with Crippen LogP contribution < -0.4 is 0 Å². The van der Waals surface area contributed by atoms with Crippen molar-refractivity contribution in [1.82, 2.24) is 9.78 Å². The Kier molecular flexibility index (Phi) is 3.72. The molecule has 0 aliphatic heterocycles. The molecule has 0 amide bonds. The van der Waals surface area contributed by atoms with Crippen molar-refractivity contribution < 1.29 is 9.90 Å². The lowest BCUT2D eigenvalue weighted by Gasteiger charge is -2.01. The zero-order valence-electron chi connectivity index (χ0n) is 10.3. The molecule has 0 radical (unpaired) electrons. The number of carboxylic acids is 1. The normalized spacial score (nSPS) is 10.6. The molecule has 1 heterocycles. The van der Waals surface area contributed by atoms with Crippen molar-refractivity contribution >= 4 is 17.7 Å². The van der Waals surface area contributed by atoms with E-state index in [1.807, 2.05) is 24.3 Å². The van der Waals surface area contributed by atoms with Crippen molar-refractivity contribution in [1.29, 1.82) is 0 Å². The summed E-state index contributed by atoms with van der Waals surface area (Å²) in [6, 6.07) is 7.80. The summed E-state index contributed by atoms with van der Waals surface area (Å²) in [5.74, 6) is 0.0636. The Morgan fingerprint density at radius 3 is 2.61 bits per heavy atom. The second kappa shape index (κ2) is 5.27. The van der Waals surface area contributed by atoms with Gasteiger partial charge in [0.05, 0.1) is 0 Å². The van der Waals surface area contributed by atoms with Gasteiger partial charge >= 0.3 is 5.97 Å². The third-order valence-electron chi connectivity index (χ3n) is 2.50. The van der Waals surface area contributed by atoms with Gasteiger partial charge in [-0.1, -0.05) is 19.1 Å². The molecule has 0 saturated carbocycles. The summed E-state index contributed by atoms with van der Waals surface area (Å²) in [6.45, 7) is 2.10. The number of aromatic carboxylic acids is 1. The molecule has 0 saturated heterocycles. The number of carbonyl (C=O) groups is 1. The van der Waals surface area contributed by atoms with Crippen LogP contribution in [0.5, 0.6) is 0 Å². The van der Waals surface area contributed by atoms with Crippen molar-refractivity contribution in [3.05, 3.63) is 36.0 Å². The van der Waals surface area contributed by atoms with Crippen LogP contribution in [-0.4, -0.2) is 26.6 Å². The number of thioether (sulfide) groups is 1. The maximum absolute atomic E-state index is 11.1. The van der Waals surface area contributed by atoms with Crippen molar-refractivity contribution in [2.75, 3.05) is 5.75 Å². The van der Waals surface area contributed by atoms with E-state index in [0.29, 0.717) is 5.69 Å². The molecule has 0 aliphatic carbocycles. The van der Waals surface area contributed by atoms with Crippen LogP contribution in [0.4, 0.5) is 0 Å². The number of aryl methyl sites for hydroxylation is 1. The number of rotatable bonds is 4. The molecule has 94 valence electrons. The minimum atomic E-state index is -0.954. The van der Waals surface area contributed by atoms with Gasteiger partial charge < -0.3 is 5.11 Å². The summed E-state index contributed by atoms with van der Waals surface area (Å²) < 4.78 is 1.52. The SMILES string of the molecule is CCSc1ccc(-c2nn(C)cc2C(=O)O)cc1. The average Bonchev–Trinajstić information content (AvgIpc) is 2.73. The van der Waals surface area contributed by atoms with E-state index in [1.165, 1.54) is 15.8 Å². The van der Waals surface area contributed by atoms with E-state index in [1.54, 1.807) is 18.8 Å². The molecule has 1 aromatic carbocycles. The van der Waals surface area contributed by atoms with Crippen molar-refractivity contribution in [2.24, 2.45) is 7.05 Å². The number of aromatic nitrogens is 2. The van der Waals surface area contributed by atoms with Crippen molar-refractivity contribution in [3.63, 3.8) is 0 Å². The lowest BCUT2D eigenvalue weighted by molar-refractivity contribution is 0.0697. The molecule has 1 aromatic heterocycles. The first kappa shape index (κ1) is 12.7. The third-order valence-corrected chi connectivity index (χ3v) is 3.39. The van der Waals surface area contributed by atoms with Crippen LogP contribution in [0.1, 0.15) is 17.3 Å². The largest absolute Gasteiger partial charge is 0.478 e. The molecule has 2 aromatic rings. The molecule has 0 bridgehead atoms. The van der Waals surface area contributed by atoms with E-state index in [4.69, 9.17) is 5.11 Å². The van der Waals surface area contributed by atoms with Crippen LogP contribution in [0.3, 0.4) is 0 Å². The first-order valence-electron chi connectivity index (χ1n) is 5.62. The van der Waals surface area contributed by atoms with Gasteiger partial charge in [-0.25, -0.2) is 4.79 Å². The summed E-state index contributed by atoms with van der Waals surface area (Å²) >= 11 is 1.75. The van der Waals surface area contributed by atoms with Crippen molar-refractivity contribution in [2.45, 2.75) is 11.8 Å². The number of hydrogen-bond acceptors (Lipinski definition) is 3. The number of benzene rings is 1. The Morgan fingerprint density at radius 2 is 2.06 bits per heavy atom. The summed E-state index contributed by atoms with van der Waals surface area (Å²) in [7, 11) is 1.72. The zero-order valence-corrected chi connectivity index (χ0v) is 11.1. The summed E-state index contributed by atoms with van der Waals surface area (Å²) in [5.41, 5.74) is 1.57. The second-order valence-corrected chi connectivity index (χ2v) is 5.17. The highest BCUT2D eigenvalue weighted by molar-refractivity contribution is 7.99. The zero-order chi connectivity index (χ0) is 13.1. The van der Waals surface area contributed by atoms with Crippen LogP contribution in [-0.2, 0) is 7.05 Å². The molecule has 0 spiro atoms. The van der Waals surface area contributed by atoms with E-state index >= 15 is 0 Å². The first-order chi connectivity index (χ1) is 8.61. The van der Waals surface area contributed by atoms with Crippen LogP contribution in [0, 0.1) is 0 Å². The summed E-state index contributed by atoms with van der Waals surface area (Å²) in [5, 5.41) is 13.3. The minimum absolute atomic E-state index is 0.230. The monoisotopic (exact) mass is 262 g/mol. The Morgan fingerprint density at radius 1 is 1.39 bits per heavy atom. The van der Waals surface area contributed by atoms with Gasteiger partial charge in [0.15, 0.2) is 0 Å². The molecule has 0 atom stereocenters. The van der Waals surface area contributed by atoms with E-state index in [0.717, 1.165) is 11.3 Å². The minimum Gasteiger partial charge on any atom is -0.478 e. The number of nitrogens with zero attached hydrogens (tertiary/aromatic N) is 2. The van der Waals surface area contributed by atoms with Gasteiger partial charge in [-0.05, 0) is 17.9 Å². The maximum Gasteiger partial charge on any atom is 0.339 e. The van der Waals surface area contributed by atoms with Crippen LogP contribution in [0.2, 0.25) is 0 Å². The van der Waals surface area contributed by atoms with E-state index in [-0.39, 0.29) is 5.56 Å². The molecule has 4 nitrogen and oxygen atoms in total. The molecule has 5 heteroatoms. The predicted molar refractivity (Wildman–Crippen MR) is 72.0 cm³/mol. The van der Waals surface area contributed by atoms with Gasteiger partial charge in [-0.2, -0.15) is 5.10 Å². The van der Waals surface area contributed by atoms with E-state index in [9.17, 15) is 4.79 Å². The van der Waals surface area contributed by atoms with E-state index < -0.39 is 5.97 Å². The predicted octanol–water partition coefficient (Wildman–Crippen LogP) is 2.90. The Bertz CT molecular complexity index is 561. The van der Waals surface area contributed by atoms with Crippen molar-refractivity contribution in [3.8, 4) is 11.3 Å². The summed E-state index contributed by atoms with van der Waals surface area (Å²) in [6.07, 6.45) is 1.52. The topological polar surface area (TPSA) is 55.1 Å². The Balaban J connectivity index is 2.39. The lowest BCUT2D eigenvalue weighted by atomic mass is 10.1. The fourth-order valence-corrected chi connectivity index (χ4v) is 2.40. The van der Waals surface area contributed by atoms with Crippen LogP contribution in [0.25, 0.3) is 11.3 Å². The molecular weight excluding hydrogens is 248 g/mol.